The summed E-state index contributed by atoms with van der Waals surface area (Å²) in [5.41, 5.74) is 0.503. The first-order valence-corrected chi connectivity index (χ1v) is 7.03. The predicted octanol–water partition coefficient (Wildman–Crippen LogP) is 3.40. The Morgan fingerprint density at radius 3 is 2.68 bits per heavy atom. The molecule has 2 unspecified atom stereocenters. The average Bonchev–Trinajstić information content (AvgIpc) is 2.39. The summed E-state index contributed by atoms with van der Waals surface area (Å²) in [6, 6.07) is 10.0. The van der Waals surface area contributed by atoms with Crippen LogP contribution in [0.15, 0.2) is 30.3 Å². The van der Waals surface area contributed by atoms with Gasteiger partial charge in [-0.1, -0.05) is 38.0 Å². The summed E-state index contributed by atoms with van der Waals surface area (Å²) >= 11 is 0. The average molecular weight is 261 g/mol. The van der Waals surface area contributed by atoms with Gasteiger partial charge in [0.25, 0.3) is 0 Å². The maximum Gasteiger partial charge on any atom is 0.311 e. The highest BCUT2D eigenvalue weighted by Crippen LogP contribution is 2.40. The molecule has 1 aromatic carbocycles. The lowest BCUT2D eigenvalue weighted by Gasteiger charge is -2.39. The molecule has 2 atom stereocenters. The molecule has 0 spiro atoms. The summed E-state index contributed by atoms with van der Waals surface area (Å²) in [5.74, 6) is -0.129. The minimum absolute atomic E-state index is 0.508. The molecule has 1 aliphatic rings. The summed E-state index contributed by atoms with van der Waals surface area (Å²) < 4.78 is 0. The Labute approximate surface area is 115 Å². The number of carboxylic acids is 1. The Hall–Kier alpha value is -1.51. The quantitative estimate of drug-likeness (QED) is 0.903. The number of rotatable bonds is 4. The molecular weight excluding hydrogens is 238 g/mol. The Morgan fingerprint density at radius 2 is 2.11 bits per heavy atom. The van der Waals surface area contributed by atoms with Gasteiger partial charge in [-0.15, -0.1) is 0 Å². The number of hydrogen-bond acceptors (Lipinski definition) is 2. The Morgan fingerprint density at radius 1 is 1.42 bits per heavy atom. The standard InChI is InChI=1S/C16H23NO2/c1-13-7-6-10-16(11-13,15(18)19)12-17(2)14-8-4-3-5-9-14/h3-5,8-9,13H,6-7,10-12H2,1-2H3,(H,18,19). The van der Waals surface area contributed by atoms with Crippen LogP contribution < -0.4 is 4.90 Å². The molecular formula is C16H23NO2. The monoisotopic (exact) mass is 261 g/mol. The van der Waals surface area contributed by atoms with Crippen molar-refractivity contribution in [1.29, 1.82) is 0 Å². The number of benzene rings is 1. The summed E-state index contributed by atoms with van der Waals surface area (Å²) in [6.45, 7) is 2.76. The molecule has 0 saturated heterocycles. The SMILES string of the molecule is CC1CCCC(CN(C)c2ccccc2)(C(=O)O)C1. The molecule has 0 radical (unpaired) electrons. The van der Waals surface area contributed by atoms with Crippen molar-refractivity contribution in [3.63, 3.8) is 0 Å². The maximum absolute atomic E-state index is 11.8. The molecule has 2 rings (SSSR count). The highest BCUT2D eigenvalue weighted by atomic mass is 16.4. The van der Waals surface area contributed by atoms with E-state index in [0.717, 1.165) is 31.4 Å². The van der Waals surface area contributed by atoms with E-state index in [1.54, 1.807) is 0 Å². The van der Waals surface area contributed by atoms with Crippen molar-refractivity contribution in [2.24, 2.45) is 11.3 Å². The van der Waals surface area contributed by atoms with Crippen LogP contribution in [-0.2, 0) is 4.79 Å². The number of aliphatic carboxylic acids is 1. The number of para-hydroxylation sites is 1. The molecule has 0 amide bonds. The molecule has 0 aliphatic heterocycles. The molecule has 3 nitrogen and oxygen atoms in total. The third-order valence-electron chi connectivity index (χ3n) is 4.28. The summed E-state index contributed by atoms with van der Waals surface area (Å²) in [5, 5.41) is 9.68. The highest BCUT2D eigenvalue weighted by molar-refractivity contribution is 5.76. The Bertz CT molecular complexity index is 432. The maximum atomic E-state index is 11.8. The van der Waals surface area contributed by atoms with Gasteiger partial charge in [-0.25, -0.2) is 0 Å². The zero-order valence-corrected chi connectivity index (χ0v) is 11.8. The highest BCUT2D eigenvalue weighted by Gasteiger charge is 2.42. The fourth-order valence-electron chi connectivity index (χ4n) is 3.29. The van der Waals surface area contributed by atoms with Crippen LogP contribution in [0.25, 0.3) is 0 Å². The molecule has 3 heteroatoms. The molecule has 1 aromatic rings. The van der Waals surface area contributed by atoms with E-state index in [-0.39, 0.29) is 0 Å². The van der Waals surface area contributed by atoms with Crippen LogP contribution in [-0.4, -0.2) is 24.7 Å². The van der Waals surface area contributed by atoms with Crippen LogP contribution in [0.3, 0.4) is 0 Å². The fraction of sp³-hybridized carbons (Fsp3) is 0.562. The molecule has 0 aromatic heterocycles. The van der Waals surface area contributed by atoms with Crippen molar-refractivity contribution < 1.29 is 9.90 Å². The third-order valence-corrected chi connectivity index (χ3v) is 4.28. The summed E-state index contributed by atoms with van der Waals surface area (Å²) in [7, 11) is 1.99. The van der Waals surface area contributed by atoms with E-state index in [9.17, 15) is 9.90 Å². The number of carbonyl (C=O) groups is 1. The van der Waals surface area contributed by atoms with Crippen molar-refractivity contribution in [1.82, 2.24) is 0 Å². The first-order valence-electron chi connectivity index (χ1n) is 7.03. The zero-order chi connectivity index (χ0) is 13.9. The van der Waals surface area contributed by atoms with Gasteiger partial charge in [-0.2, -0.15) is 0 Å². The van der Waals surface area contributed by atoms with E-state index in [4.69, 9.17) is 0 Å². The van der Waals surface area contributed by atoms with Crippen molar-refractivity contribution in [3.8, 4) is 0 Å². The first-order chi connectivity index (χ1) is 9.03. The number of carboxylic acid groups (broad SMARTS) is 1. The van der Waals surface area contributed by atoms with Crippen LogP contribution >= 0.6 is 0 Å². The van der Waals surface area contributed by atoms with E-state index >= 15 is 0 Å². The lowest BCUT2D eigenvalue weighted by molar-refractivity contribution is -0.151. The Balaban J connectivity index is 2.15. The van der Waals surface area contributed by atoms with Crippen LogP contribution in [0.5, 0.6) is 0 Å². The molecule has 19 heavy (non-hydrogen) atoms. The van der Waals surface area contributed by atoms with E-state index in [2.05, 4.69) is 11.8 Å². The van der Waals surface area contributed by atoms with Crippen LogP contribution in [0, 0.1) is 11.3 Å². The largest absolute Gasteiger partial charge is 0.481 e. The van der Waals surface area contributed by atoms with Crippen molar-refractivity contribution in [2.45, 2.75) is 32.6 Å². The summed E-state index contributed by atoms with van der Waals surface area (Å²) in [4.78, 5) is 13.8. The summed E-state index contributed by atoms with van der Waals surface area (Å²) in [6.07, 6.45) is 3.77. The smallest absolute Gasteiger partial charge is 0.311 e. The second-order valence-corrected chi connectivity index (χ2v) is 5.98. The predicted molar refractivity (Wildman–Crippen MR) is 77.4 cm³/mol. The minimum atomic E-state index is -0.637. The number of anilines is 1. The number of nitrogens with zero attached hydrogens (tertiary/aromatic N) is 1. The van der Waals surface area contributed by atoms with Crippen LogP contribution in [0.1, 0.15) is 32.6 Å². The van der Waals surface area contributed by atoms with Gasteiger partial charge in [0.15, 0.2) is 0 Å². The van der Waals surface area contributed by atoms with Gasteiger partial charge in [0, 0.05) is 19.3 Å². The van der Waals surface area contributed by atoms with Crippen LogP contribution in [0.2, 0.25) is 0 Å². The van der Waals surface area contributed by atoms with Gasteiger partial charge in [-0.3, -0.25) is 4.79 Å². The normalized spacial score (nSPS) is 26.9. The molecule has 0 bridgehead atoms. The van der Waals surface area contributed by atoms with E-state index in [1.165, 1.54) is 0 Å². The second-order valence-electron chi connectivity index (χ2n) is 5.98. The van der Waals surface area contributed by atoms with Gasteiger partial charge >= 0.3 is 5.97 Å². The number of hydrogen-bond donors (Lipinski definition) is 1. The van der Waals surface area contributed by atoms with Gasteiger partial charge in [-0.05, 0) is 30.9 Å². The molecule has 104 valence electrons. The van der Waals surface area contributed by atoms with Crippen molar-refractivity contribution in [3.05, 3.63) is 30.3 Å². The lowest BCUT2D eigenvalue weighted by Crippen LogP contribution is -2.45. The van der Waals surface area contributed by atoms with E-state index in [1.807, 2.05) is 37.4 Å². The molecule has 1 aliphatic carbocycles. The topological polar surface area (TPSA) is 40.5 Å². The van der Waals surface area contributed by atoms with Crippen LogP contribution in [0.4, 0.5) is 5.69 Å². The lowest BCUT2D eigenvalue weighted by atomic mass is 9.69. The molecule has 0 heterocycles. The second kappa shape index (κ2) is 5.64. The third kappa shape index (κ3) is 3.09. The van der Waals surface area contributed by atoms with E-state index in [0.29, 0.717) is 12.5 Å². The minimum Gasteiger partial charge on any atom is -0.481 e. The first kappa shape index (κ1) is 13.9. The van der Waals surface area contributed by atoms with Crippen molar-refractivity contribution in [2.75, 3.05) is 18.5 Å². The fourth-order valence-corrected chi connectivity index (χ4v) is 3.29. The zero-order valence-electron chi connectivity index (χ0n) is 11.8. The Kier molecular flexibility index (Phi) is 4.13. The van der Waals surface area contributed by atoms with Gasteiger partial charge in [0.1, 0.15) is 0 Å². The van der Waals surface area contributed by atoms with Crippen molar-refractivity contribution >= 4 is 11.7 Å². The van der Waals surface area contributed by atoms with Gasteiger partial charge in [0.2, 0.25) is 0 Å². The molecule has 1 fully saturated rings. The molecule has 1 N–H and O–H groups in total. The van der Waals surface area contributed by atoms with Gasteiger partial charge in [0.05, 0.1) is 5.41 Å². The molecule has 1 saturated carbocycles. The van der Waals surface area contributed by atoms with Gasteiger partial charge < -0.3 is 10.0 Å². The van der Waals surface area contributed by atoms with E-state index < -0.39 is 11.4 Å².